The molecule has 0 radical (unpaired) electrons. The summed E-state index contributed by atoms with van der Waals surface area (Å²) in [6.45, 7) is 6.01. The van der Waals surface area contributed by atoms with Crippen molar-refractivity contribution >= 4 is 33.6 Å². The standard InChI is InChI=1S/C16H15N3O2/c1-3-8-19-11-7-5-4-6-10(11)13-14(17)12(16(20)21)9(2)18-15(13)19/h3-7H,1,8H2,2H3,(H2,17,18)(H,20,21). The Morgan fingerprint density at radius 3 is 2.86 bits per heavy atom. The summed E-state index contributed by atoms with van der Waals surface area (Å²) >= 11 is 0. The molecule has 0 saturated carbocycles. The lowest BCUT2D eigenvalue weighted by molar-refractivity contribution is 0.0697. The van der Waals surface area contributed by atoms with Crippen LogP contribution in [-0.2, 0) is 6.54 Å². The lowest BCUT2D eigenvalue weighted by Gasteiger charge is -2.08. The third kappa shape index (κ3) is 1.78. The predicted octanol–water partition coefficient (Wildman–Crippen LogP) is 2.96. The van der Waals surface area contributed by atoms with Crippen molar-refractivity contribution < 1.29 is 9.90 Å². The van der Waals surface area contributed by atoms with Crippen molar-refractivity contribution in [3.05, 3.63) is 48.2 Å². The molecule has 3 N–H and O–H groups in total. The molecule has 0 amide bonds. The van der Waals surface area contributed by atoms with Crippen molar-refractivity contribution in [2.24, 2.45) is 0 Å². The van der Waals surface area contributed by atoms with E-state index in [0.717, 1.165) is 10.9 Å². The Balaban J connectivity index is 2.58. The molecule has 0 saturated heterocycles. The van der Waals surface area contributed by atoms with Crippen molar-refractivity contribution in [2.45, 2.75) is 13.5 Å². The fourth-order valence-electron chi connectivity index (χ4n) is 2.79. The highest BCUT2D eigenvalue weighted by atomic mass is 16.4. The Kier molecular flexibility index (Phi) is 2.90. The molecule has 0 aliphatic carbocycles. The number of allylic oxidation sites excluding steroid dienone is 1. The number of carboxylic acid groups (broad SMARTS) is 1. The summed E-state index contributed by atoms with van der Waals surface area (Å²) in [7, 11) is 0. The van der Waals surface area contributed by atoms with Crippen LogP contribution in [0.15, 0.2) is 36.9 Å². The van der Waals surface area contributed by atoms with Gasteiger partial charge < -0.3 is 15.4 Å². The Labute approximate surface area is 121 Å². The summed E-state index contributed by atoms with van der Waals surface area (Å²) < 4.78 is 1.99. The maximum Gasteiger partial charge on any atom is 0.339 e. The van der Waals surface area contributed by atoms with Gasteiger partial charge in [0.1, 0.15) is 11.2 Å². The zero-order chi connectivity index (χ0) is 15.1. The Morgan fingerprint density at radius 1 is 1.48 bits per heavy atom. The van der Waals surface area contributed by atoms with Crippen LogP contribution in [-0.4, -0.2) is 20.6 Å². The number of nitrogen functional groups attached to an aromatic ring is 1. The van der Waals surface area contributed by atoms with Gasteiger partial charge in [-0.2, -0.15) is 0 Å². The van der Waals surface area contributed by atoms with Crippen LogP contribution >= 0.6 is 0 Å². The van der Waals surface area contributed by atoms with E-state index in [1.165, 1.54) is 0 Å². The first-order chi connectivity index (χ1) is 10.1. The molecule has 0 atom stereocenters. The molecule has 1 aromatic carbocycles. The van der Waals surface area contributed by atoms with Crippen LogP contribution in [0.1, 0.15) is 16.1 Å². The largest absolute Gasteiger partial charge is 0.478 e. The van der Waals surface area contributed by atoms with E-state index in [2.05, 4.69) is 11.6 Å². The number of nitrogens with two attached hydrogens (primary N) is 1. The van der Waals surface area contributed by atoms with Gasteiger partial charge in [-0.3, -0.25) is 0 Å². The zero-order valence-corrected chi connectivity index (χ0v) is 11.6. The highest BCUT2D eigenvalue weighted by Gasteiger charge is 2.21. The van der Waals surface area contributed by atoms with Crippen LogP contribution in [0.3, 0.4) is 0 Å². The third-order valence-corrected chi connectivity index (χ3v) is 3.64. The van der Waals surface area contributed by atoms with Crippen LogP contribution in [0.2, 0.25) is 0 Å². The van der Waals surface area contributed by atoms with Gasteiger partial charge >= 0.3 is 5.97 Å². The molecule has 106 valence electrons. The van der Waals surface area contributed by atoms with Gasteiger partial charge in [0.05, 0.1) is 22.3 Å². The van der Waals surface area contributed by atoms with Gasteiger partial charge in [0.2, 0.25) is 0 Å². The molecule has 2 heterocycles. The van der Waals surface area contributed by atoms with E-state index in [4.69, 9.17) is 5.73 Å². The number of carboxylic acids is 1. The summed E-state index contributed by atoms with van der Waals surface area (Å²) in [6.07, 6.45) is 1.78. The number of fused-ring (bicyclic) bond motifs is 3. The average molecular weight is 281 g/mol. The normalized spacial score (nSPS) is 11.1. The van der Waals surface area contributed by atoms with E-state index in [9.17, 15) is 9.90 Å². The second kappa shape index (κ2) is 4.63. The highest BCUT2D eigenvalue weighted by Crippen LogP contribution is 2.34. The van der Waals surface area contributed by atoms with Crippen molar-refractivity contribution in [1.29, 1.82) is 0 Å². The van der Waals surface area contributed by atoms with Crippen molar-refractivity contribution in [3.63, 3.8) is 0 Å². The molecule has 3 rings (SSSR count). The molecule has 5 nitrogen and oxygen atoms in total. The van der Waals surface area contributed by atoms with E-state index in [1.807, 2.05) is 28.8 Å². The number of nitrogens with zero attached hydrogens (tertiary/aromatic N) is 2. The topological polar surface area (TPSA) is 81.1 Å². The van der Waals surface area contributed by atoms with Gasteiger partial charge in [-0.15, -0.1) is 6.58 Å². The second-order valence-corrected chi connectivity index (χ2v) is 4.91. The molecule has 3 aromatic rings. The predicted molar refractivity (Wildman–Crippen MR) is 83.5 cm³/mol. The van der Waals surface area contributed by atoms with Gasteiger partial charge in [0.25, 0.3) is 0 Å². The first kappa shape index (κ1) is 13.2. The van der Waals surface area contributed by atoms with Crippen molar-refractivity contribution in [3.8, 4) is 0 Å². The summed E-state index contributed by atoms with van der Waals surface area (Å²) in [5.41, 5.74) is 8.55. The van der Waals surface area contributed by atoms with Gasteiger partial charge in [0.15, 0.2) is 0 Å². The number of pyridine rings is 1. The maximum atomic E-state index is 11.4. The molecule has 0 spiro atoms. The van der Waals surface area contributed by atoms with Crippen LogP contribution in [0.4, 0.5) is 5.69 Å². The lowest BCUT2D eigenvalue weighted by Crippen LogP contribution is -2.08. The fraction of sp³-hybridized carbons (Fsp3) is 0.125. The average Bonchev–Trinajstić information content (AvgIpc) is 2.73. The number of hydrogen-bond donors (Lipinski definition) is 2. The quantitative estimate of drug-likeness (QED) is 0.723. The number of rotatable bonds is 3. The minimum Gasteiger partial charge on any atom is -0.478 e. The minimum absolute atomic E-state index is 0.0732. The van der Waals surface area contributed by atoms with E-state index in [1.54, 1.807) is 13.0 Å². The molecule has 0 bridgehead atoms. The smallest absolute Gasteiger partial charge is 0.339 e. The Hall–Kier alpha value is -2.82. The van der Waals surface area contributed by atoms with Gasteiger partial charge in [-0.1, -0.05) is 24.3 Å². The summed E-state index contributed by atoms with van der Waals surface area (Å²) in [5.74, 6) is -1.06. The first-order valence-electron chi connectivity index (χ1n) is 6.57. The van der Waals surface area contributed by atoms with Gasteiger partial charge in [-0.25, -0.2) is 9.78 Å². The van der Waals surface area contributed by atoms with E-state index >= 15 is 0 Å². The Bertz CT molecular complexity index is 894. The molecular weight excluding hydrogens is 266 g/mol. The number of benzene rings is 1. The summed E-state index contributed by atoms with van der Waals surface area (Å²) in [4.78, 5) is 15.9. The SMILES string of the molecule is C=CCn1c2ccccc2c2c(N)c(C(=O)O)c(C)nc21. The monoisotopic (exact) mass is 281 g/mol. The van der Waals surface area contributed by atoms with Crippen molar-refractivity contribution in [1.82, 2.24) is 9.55 Å². The lowest BCUT2D eigenvalue weighted by atomic mass is 10.1. The minimum atomic E-state index is -1.06. The van der Waals surface area contributed by atoms with Gasteiger partial charge in [-0.05, 0) is 13.0 Å². The van der Waals surface area contributed by atoms with Crippen LogP contribution in [0.25, 0.3) is 21.9 Å². The zero-order valence-electron chi connectivity index (χ0n) is 11.6. The third-order valence-electron chi connectivity index (χ3n) is 3.64. The molecular formula is C16H15N3O2. The van der Waals surface area contributed by atoms with Crippen LogP contribution in [0, 0.1) is 6.92 Å². The number of aromatic nitrogens is 2. The fourth-order valence-corrected chi connectivity index (χ4v) is 2.79. The van der Waals surface area contributed by atoms with Gasteiger partial charge in [0, 0.05) is 11.9 Å². The van der Waals surface area contributed by atoms with E-state index < -0.39 is 5.97 Å². The number of para-hydroxylation sites is 1. The van der Waals surface area contributed by atoms with Crippen LogP contribution < -0.4 is 5.73 Å². The number of hydrogen-bond acceptors (Lipinski definition) is 3. The molecule has 2 aromatic heterocycles. The molecule has 0 fully saturated rings. The second-order valence-electron chi connectivity index (χ2n) is 4.91. The number of aryl methyl sites for hydroxylation is 1. The molecule has 0 unspecified atom stereocenters. The molecule has 0 aliphatic heterocycles. The van der Waals surface area contributed by atoms with E-state index in [0.29, 0.717) is 23.3 Å². The summed E-state index contributed by atoms with van der Waals surface area (Å²) in [6, 6.07) is 7.73. The number of anilines is 1. The van der Waals surface area contributed by atoms with Crippen LogP contribution in [0.5, 0.6) is 0 Å². The Morgan fingerprint density at radius 2 is 2.19 bits per heavy atom. The number of aromatic carboxylic acids is 1. The highest BCUT2D eigenvalue weighted by molar-refractivity contribution is 6.16. The molecule has 21 heavy (non-hydrogen) atoms. The first-order valence-corrected chi connectivity index (χ1v) is 6.57. The van der Waals surface area contributed by atoms with Crippen molar-refractivity contribution in [2.75, 3.05) is 5.73 Å². The maximum absolute atomic E-state index is 11.4. The number of carbonyl (C=O) groups is 1. The molecule has 0 aliphatic rings. The summed E-state index contributed by atoms with van der Waals surface area (Å²) in [5, 5.41) is 10.9. The molecule has 5 heteroatoms. The van der Waals surface area contributed by atoms with E-state index in [-0.39, 0.29) is 11.3 Å².